The first-order chi connectivity index (χ1) is 11.7. The summed E-state index contributed by atoms with van der Waals surface area (Å²) >= 11 is 1.90. The predicted octanol–water partition coefficient (Wildman–Crippen LogP) is 3.46. The molecule has 6 heteroatoms. The highest BCUT2D eigenvalue weighted by Crippen LogP contribution is 2.32. The van der Waals surface area contributed by atoms with E-state index in [0.717, 1.165) is 28.7 Å². The minimum absolute atomic E-state index is 0.176. The third-order valence-electron chi connectivity index (χ3n) is 4.20. The van der Waals surface area contributed by atoms with Gasteiger partial charge < -0.3 is 4.90 Å². The van der Waals surface area contributed by atoms with Gasteiger partial charge in [-0.3, -0.25) is 9.78 Å². The van der Waals surface area contributed by atoms with Crippen LogP contribution in [0.2, 0.25) is 0 Å². The van der Waals surface area contributed by atoms with Crippen molar-refractivity contribution in [2.75, 3.05) is 23.0 Å². The number of thioether (sulfide) groups is 1. The van der Waals surface area contributed by atoms with E-state index in [1.807, 2.05) is 48.8 Å². The quantitative estimate of drug-likeness (QED) is 0.688. The van der Waals surface area contributed by atoms with Crippen molar-refractivity contribution in [2.24, 2.45) is 5.92 Å². The first-order valence-electron chi connectivity index (χ1n) is 8.53. The number of aryl methyl sites for hydroxylation is 1. The maximum Gasteiger partial charge on any atom is 0.227 e. The zero-order valence-corrected chi connectivity index (χ0v) is 15.1. The van der Waals surface area contributed by atoms with Gasteiger partial charge in [0.15, 0.2) is 0 Å². The molecule has 128 valence electrons. The normalized spacial score (nSPS) is 13.9. The highest BCUT2D eigenvalue weighted by atomic mass is 32.2. The third-order valence-corrected chi connectivity index (χ3v) is 5.40. The number of carbonyl (C=O) groups excluding carboxylic acids is 1. The van der Waals surface area contributed by atoms with E-state index in [2.05, 4.69) is 10.1 Å². The molecular weight excluding hydrogens is 320 g/mol. The number of aromatic nitrogens is 3. The van der Waals surface area contributed by atoms with Gasteiger partial charge in [-0.15, -0.1) is 0 Å². The number of carbonyl (C=O) groups is 1. The second-order valence-electron chi connectivity index (χ2n) is 6.16. The Hall–Kier alpha value is -1.82. The van der Waals surface area contributed by atoms with Gasteiger partial charge in [0.2, 0.25) is 5.91 Å². The fourth-order valence-electron chi connectivity index (χ4n) is 2.65. The highest BCUT2D eigenvalue weighted by Gasteiger charge is 2.22. The van der Waals surface area contributed by atoms with Crippen LogP contribution in [0.25, 0.3) is 5.69 Å². The average molecular weight is 344 g/mol. The Morgan fingerprint density at radius 3 is 2.96 bits per heavy atom. The molecular formula is C18H24N4OS. The molecule has 24 heavy (non-hydrogen) atoms. The molecule has 3 rings (SSSR count). The van der Waals surface area contributed by atoms with Crippen LogP contribution in [-0.4, -0.2) is 38.7 Å². The van der Waals surface area contributed by atoms with Crippen molar-refractivity contribution in [3.63, 3.8) is 0 Å². The van der Waals surface area contributed by atoms with Gasteiger partial charge in [-0.05, 0) is 50.5 Å². The van der Waals surface area contributed by atoms with E-state index in [-0.39, 0.29) is 5.91 Å². The largest absolute Gasteiger partial charge is 0.310 e. The SMILES string of the molecule is CCN(C(=O)CCSCC1CC1)c1cn(-c2cccnc2)nc1C. The molecule has 1 aliphatic rings. The van der Waals surface area contributed by atoms with Crippen molar-refractivity contribution in [1.82, 2.24) is 14.8 Å². The van der Waals surface area contributed by atoms with Crippen LogP contribution in [0.3, 0.4) is 0 Å². The number of anilines is 1. The number of pyridine rings is 1. The van der Waals surface area contributed by atoms with Crippen LogP contribution in [0, 0.1) is 12.8 Å². The molecule has 0 unspecified atom stereocenters. The first kappa shape index (κ1) is 17.0. The summed E-state index contributed by atoms with van der Waals surface area (Å²) in [6, 6.07) is 3.84. The smallest absolute Gasteiger partial charge is 0.227 e. The molecule has 5 nitrogen and oxygen atoms in total. The van der Waals surface area contributed by atoms with E-state index in [0.29, 0.717) is 13.0 Å². The van der Waals surface area contributed by atoms with Gasteiger partial charge in [0.1, 0.15) is 0 Å². The molecule has 0 aliphatic heterocycles. The van der Waals surface area contributed by atoms with Gasteiger partial charge in [-0.1, -0.05) is 0 Å². The third kappa shape index (κ3) is 4.17. The number of amides is 1. The Morgan fingerprint density at radius 1 is 1.46 bits per heavy atom. The molecule has 0 saturated heterocycles. The van der Waals surface area contributed by atoms with Crippen molar-refractivity contribution in [1.29, 1.82) is 0 Å². The summed E-state index contributed by atoms with van der Waals surface area (Å²) in [5.74, 6) is 3.20. The Balaban J connectivity index is 1.65. The van der Waals surface area contributed by atoms with Gasteiger partial charge >= 0.3 is 0 Å². The number of nitrogens with zero attached hydrogens (tertiary/aromatic N) is 4. The second-order valence-corrected chi connectivity index (χ2v) is 7.31. The van der Waals surface area contributed by atoms with Crippen molar-refractivity contribution < 1.29 is 4.79 Å². The Bertz CT molecular complexity index is 682. The zero-order chi connectivity index (χ0) is 16.9. The predicted molar refractivity (Wildman–Crippen MR) is 98.8 cm³/mol. The maximum absolute atomic E-state index is 12.6. The summed E-state index contributed by atoms with van der Waals surface area (Å²) in [5, 5.41) is 4.54. The number of hydrogen-bond acceptors (Lipinski definition) is 4. The molecule has 2 aromatic rings. The summed E-state index contributed by atoms with van der Waals surface area (Å²) in [7, 11) is 0. The van der Waals surface area contributed by atoms with E-state index in [1.165, 1.54) is 18.6 Å². The molecule has 2 heterocycles. The molecule has 0 atom stereocenters. The average Bonchev–Trinajstić information content (AvgIpc) is 3.35. The van der Waals surface area contributed by atoms with Gasteiger partial charge in [0.05, 0.1) is 29.5 Å². The minimum Gasteiger partial charge on any atom is -0.310 e. The fraction of sp³-hybridized carbons (Fsp3) is 0.500. The van der Waals surface area contributed by atoms with Gasteiger partial charge in [-0.25, -0.2) is 4.68 Å². The molecule has 0 spiro atoms. The molecule has 2 aromatic heterocycles. The molecule has 1 fully saturated rings. The monoisotopic (exact) mass is 344 g/mol. The van der Waals surface area contributed by atoms with E-state index < -0.39 is 0 Å². The second kappa shape index (κ2) is 7.83. The Kier molecular flexibility index (Phi) is 5.56. The van der Waals surface area contributed by atoms with Crippen molar-refractivity contribution in [2.45, 2.75) is 33.1 Å². The lowest BCUT2D eigenvalue weighted by Crippen LogP contribution is -2.31. The van der Waals surface area contributed by atoms with Crippen molar-refractivity contribution in [3.05, 3.63) is 36.4 Å². The highest BCUT2D eigenvalue weighted by molar-refractivity contribution is 7.99. The zero-order valence-electron chi connectivity index (χ0n) is 14.3. The van der Waals surface area contributed by atoms with Crippen LogP contribution in [0.5, 0.6) is 0 Å². The van der Waals surface area contributed by atoms with E-state index in [4.69, 9.17) is 0 Å². The van der Waals surface area contributed by atoms with Crippen molar-refractivity contribution >= 4 is 23.4 Å². The van der Waals surface area contributed by atoms with Crippen LogP contribution < -0.4 is 4.90 Å². The molecule has 0 radical (unpaired) electrons. The summed E-state index contributed by atoms with van der Waals surface area (Å²) in [5.41, 5.74) is 2.65. The van der Waals surface area contributed by atoms with Crippen LogP contribution >= 0.6 is 11.8 Å². The van der Waals surface area contributed by atoms with Crippen LogP contribution in [0.15, 0.2) is 30.7 Å². The lowest BCUT2D eigenvalue weighted by atomic mass is 10.3. The summed E-state index contributed by atoms with van der Waals surface area (Å²) in [6.07, 6.45) is 8.75. The maximum atomic E-state index is 12.6. The van der Waals surface area contributed by atoms with Gasteiger partial charge in [-0.2, -0.15) is 16.9 Å². The van der Waals surface area contributed by atoms with E-state index in [1.54, 1.807) is 17.1 Å². The van der Waals surface area contributed by atoms with Crippen LogP contribution in [0.1, 0.15) is 31.9 Å². The summed E-state index contributed by atoms with van der Waals surface area (Å²) in [4.78, 5) is 18.6. The standard InChI is InChI=1S/C18H24N4OS/c1-3-21(18(23)8-10-24-13-15-6-7-15)17-12-22(20-14(17)2)16-5-4-9-19-11-16/h4-5,9,11-12,15H,3,6-8,10,13H2,1-2H3. The van der Waals surface area contributed by atoms with Crippen molar-refractivity contribution in [3.8, 4) is 5.69 Å². The number of hydrogen-bond donors (Lipinski definition) is 0. The Morgan fingerprint density at radius 2 is 2.29 bits per heavy atom. The van der Waals surface area contributed by atoms with E-state index in [9.17, 15) is 4.79 Å². The molecule has 0 bridgehead atoms. The molecule has 0 aromatic carbocycles. The van der Waals surface area contributed by atoms with Gasteiger partial charge in [0, 0.05) is 24.9 Å². The van der Waals surface area contributed by atoms with Gasteiger partial charge in [0.25, 0.3) is 0 Å². The minimum atomic E-state index is 0.176. The van der Waals surface area contributed by atoms with Crippen LogP contribution in [-0.2, 0) is 4.79 Å². The first-order valence-corrected chi connectivity index (χ1v) is 9.69. The topological polar surface area (TPSA) is 51.0 Å². The lowest BCUT2D eigenvalue weighted by Gasteiger charge is -2.20. The molecule has 1 aliphatic carbocycles. The lowest BCUT2D eigenvalue weighted by molar-refractivity contribution is -0.118. The summed E-state index contributed by atoms with van der Waals surface area (Å²) in [6.45, 7) is 4.61. The number of rotatable bonds is 8. The summed E-state index contributed by atoms with van der Waals surface area (Å²) < 4.78 is 1.79. The Labute approximate surface area is 147 Å². The molecule has 1 saturated carbocycles. The molecule has 1 amide bonds. The van der Waals surface area contributed by atoms with E-state index >= 15 is 0 Å². The molecule has 0 N–H and O–H groups in total. The fourth-order valence-corrected chi connectivity index (χ4v) is 3.80. The van der Waals surface area contributed by atoms with Crippen LogP contribution in [0.4, 0.5) is 5.69 Å².